The van der Waals surface area contributed by atoms with Crippen molar-refractivity contribution in [2.24, 2.45) is 0 Å². The molecule has 0 spiro atoms. The summed E-state index contributed by atoms with van der Waals surface area (Å²) in [5, 5.41) is 2.09. The van der Waals surface area contributed by atoms with Crippen LogP contribution in [0, 0.1) is 6.92 Å². The molecule has 3 rings (SSSR count). The fourth-order valence-corrected chi connectivity index (χ4v) is 3.33. The van der Waals surface area contributed by atoms with Crippen LogP contribution in [-0.4, -0.2) is 15.8 Å². The van der Waals surface area contributed by atoms with E-state index in [4.69, 9.17) is 0 Å². The van der Waals surface area contributed by atoms with Crippen molar-refractivity contribution in [3.63, 3.8) is 0 Å². The van der Waals surface area contributed by atoms with Gasteiger partial charge in [0.2, 0.25) is 5.91 Å². The van der Waals surface area contributed by atoms with Crippen molar-refractivity contribution in [2.75, 3.05) is 0 Å². The van der Waals surface area contributed by atoms with Gasteiger partial charge in [0.25, 0.3) is 0 Å². The van der Waals surface area contributed by atoms with E-state index in [2.05, 4.69) is 29.4 Å². The van der Waals surface area contributed by atoms with E-state index in [-0.39, 0.29) is 5.91 Å². The molecule has 2 aromatic heterocycles. The van der Waals surface area contributed by atoms with Crippen molar-refractivity contribution >= 4 is 17.2 Å². The third-order valence-corrected chi connectivity index (χ3v) is 4.66. The predicted molar refractivity (Wildman–Crippen MR) is 75.9 cm³/mol. The molecular formula is C15H16N2OS. The maximum atomic E-state index is 12.2. The Morgan fingerprint density at radius 1 is 1.42 bits per heavy atom. The highest BCUT2D eigenvalue weighted by atomic mass is 32.1. The first-order chi connectivity index (χ1) is 9.24. The summed E-state index contributed by atoms with van der Waals surface area (Å²) in [4.78, 5) is 19.8. The number of aryl methyl sites for hydroxylation is 2. The molecule has 0 radical (unpaired) electrons. The van der Waals surface area contributed by atoms with Crippen LogP contribution < -0.4 is 0 Å². The van der Waals surface area contributed by atoms with Crippen LogP contribution in [0.5, 0.6) is 0 Å². The molecule has 0 saturated carbocycles. The average molecular weight is 272 g/mol. The SMILES string of the molecule is Cc1ccsc1CCC(=O)N1Cc2cccnc2C1. The summed E-state index contributed by atoms with van der Waals surface area (Å²) < 4.78 is 0. The lowest BCUT2D eigenvalue weighted by atomic mass is 10.2. The summed E-state index contributed by atoms with van der Waals surface area (Å²) in [7, 11) is 0. The first-order valence-corrected chi connectivity index (χ1v) is 7.35. The molecule has 3 heterocycles. The van der Waals surface area contributed by atoms with E-state index < -0.39 is 0 Å². The van der Waals surface area contributed by atoms with Gasteiger partial charge in [0.1, 0.15) is 0 Å². The van der Waals surface area contributed by atoms with E-state index in [1.807, 2.05) is 11.0 Å². The Hall–Kier alpha value is -1.68. The molecule has 0 aliphatic carbocycles. The summed E-state index contributed by atoms with van der Waals surface area (Å²) in [6.07, 6.45) is 3.24. The highest BCUT2D eigenvalue weighted by molar-refractivity contribution is 7.10. The van der Waals surface area contributed by atoms with Crippen LogP contribution in [0.1, 0.15) is 28.1 Å². The van der Waals surface area contributed by atoms with Crippen LogP contribution in [0.15, 0.2) is 29.8 Å². The van der Waals surface area contributed by atoms with Crippen LogP contribution in [0.3, 0.4) is 0 Å². The molecule has 98 valence electrons. The summed E-state index contributed by atoms with van der Waals surface area (Å²) in [5.74, 6) is 0.228. The first-order valence-electron chi connectivity index (χ1n) is 6.47. The van der Waals surface area contributed by atoms with Crippen molar-refractivity contribution in [3.05, 3.63) is 51.5 Å². The lowest BCUT2D eigenvalue weighted by molar-refractivity contribution is -0.131. The van der Waals surface area contributed by atoms with Crippen molar-refractivity contribution < 1.29 is 4.79 Å². The molecule has 4 heteroatoms. The van der Waals surface area contributed by atoms with Crippen molar-refractivity contribution in [1.82, 2.24) is 9.88 Å². The van der Waals surface area contributed by atoms with Crippen LogP contribution in [0.25, 0.3) is 0 Å². The second kappa shape index (κ2) is 5.13. The zero-order valence-electron chi connectivity index (χ0n) is 10.9. The van der Waals surface area contributed by atoms with Crippen molar-refractivity contribution in [1.29, 1.82) is 0 Å². The molecule has 1 aliphatic heterocycles. The van der Waals surface area contributed by atoms with Gasteiger partial charge in [-0.05, 0) is 42.0 Å². The first kappa shape index (κ1) is 12.4. The minimum Gasteiger partial charge on any atom is -0.332 e. The van der Waals surface area contributed by atoms with Gasteiger partial charge in [0, 0.05) is 24.0 Å². The number of rotatable bonds is 3. The van der Waals surface area contributed by atoms with Gasteiger partial charge in [0.15, 0.2) is 0 Å². The molecule has 0 unspecified atom stereocenters. The molecule has 19 heavy (non-hydrogen) atoms. The molecule has 1 aliphatic rings. The van der Waals surface area contributed by atoms with Gasteiger partial charge >= 0.3 is 0 Å². The van der Waals surface area contributed by atoms with Gasteiger partial charge < -0.3 is 4.90 Å². The largest absolute Gasteiger partial charge is 0.332 e. The number of amides is 1. The predicted octanol–water partition coefficient (Wildman–Crippen LogP) is 2.93. The summed E-state index contributed by atoms with van der Waals surface area (Å²) in [6, 6.07) is 6.10. The van der Waals surface area contributed by atoms with Crippen LogP contribution in [-0.2, 0) is 24.3 Å². The minimum absolute atomic E-state index is 0.228. The van der Waals surface area contributed by atoms with E-state index in [0.717, 1.165) is 12.1 Å². The maximum absolute atomic E-state index is 12.2. The number of pyridine rings is 1. The summed E-state index contributed by atoms with van der Waals surface area (Å²) in [5.41, 5.74) is 3.52. The monoisotopic (exact) mass is 272 g/mol. The van der Waals surface area contributed by atoms with Crippen molar-refractivity contribution in [3.8, 4) is 0 Å². The zero-order chi connectivity index (χ0) is 13.2. The van der Waals surface area contributed by atoms with E-state index >= 15 is 0 Å². The molecule has 0 bridgehead atoms. The lowest BCUT2D eigenvalue weighted by Gasteiger charge is -2.14. The van der Waals surface area contributed by atoms with E-state index in [1.165, 1.54) is 16.0 Å². The van der Waals surface area contributed by atoms with E-state index in [9.17, 15) is 4.79 Å². The Kier molecular flexibility index (Phi) is 3.34. The lowest BCUT2D eigenvalue weighted by Crippen LogP contribution is -2.25. The number of hydrogen-bond acceptors (Lipinski definition) is 3. The molecule has 0 atom stereocenters. The van der Waals surface area contributed by atoms with Gasteiger partial charge in [-0.25, -0.2) is 0 Å². The average Bonchev–Trinajstić information content (AvgIpc) is 3.01. The molecular weight excluding hydrogens is 256 g/mol. The third kappa shape index (κ3) is 2.54. The van der Waals surface area contributed by atoms with Gasteiger partial charge in [-0.2, -0.15) is 0 Å². The molecule has 3 nitrogen and oxygen atoms in total. The van der Waals surface area contributed by atoms with Crippen LogP contribution >= 0.6 is 11.3 Å². The van der Waals surface area contributed by atoms with E-state index in [1.54, 1.807) is 17.5 Å². The quantitative estimate of drug-likeness (QED) is 0.860. The standard InChI is InChI=1S/C15H16N2OS/c1-11-6-8-19-14(11)4-5-15(18)17-9-12-3-2-7-16-13(12)10-17/h2-3,6-8H,4-5,9-10H2,1H3. The van der Waals surface area contributed by atoms with Crippen LogP contribution in [0.2, 0.25) is 0 Å². The van der Waals surface area contributed by atoms with E-state index in [0.29, 0.717) is 19.5 Å². The van der Waals surface area contributed by atoms with Crippen molar-refractivity contribution in [2.45, 2.75) is 32.9 Å². The van der Waals surface area contributed by atoms with Gasteiger partial charge in [-0.1, -0.05) is 6.07 Å². The highest BCUT2D eigenvalue weighted by Gasteiger charge is 2.23. The van der Waals surface area contributed by atoms with Gasteiger partial charge in [-0.15, -0.1) is 11.3 Å². The molecule has 0 aromatic carbocycles. The topological polar surface area (TPSA) is 33.2 Å². The number of fused-ring (bicyclic) bond motifs is 1. The molecule has 0 fully saturated rings. The molecule has 1 amide bonds. The Morgan fingerprint density at radius 2 is 2.32 bits per heavy atom. The Balaban J connectivity index is 1.60. The summed E-state index contributed by atoms with van der Waals surface area (Å²) >= 11 is 1.74. The fraction of sp³-hybridized carbons (Fsp3) is 0.333. The molecule has 0 saturated heterocycles. The summed E-state index contributed by atoms with van der Waals surface area (Å²) in [6.45, 7) is 3.48. The third-order valence-electron chi connectivity index (χ3n) is 3.57. The number of carbonyl (C=O) groups excluding carboxylic acids is 1. The normalized spacial score (nSPS) is 13.6. The number of carbonyl (C=O) groups is 1. The Labute approximate surface area is 116 Å². The fourth-order valence-electron chi connectivity index (χ4n) is 2.42. The second-order valence-corrected chi connectivity index (χ2v) is 5.89. The Bertz CT molecular complexity index is 581. The highest BCUT2D eigenvalue weighted by Crippen LogP contribution is 2.22. The second-order valence-electron chi connectivity index (χ2n) is 4.89. The maximum Gasteiger partial charge on any atom is 0.223 e. The number of aromatic nitrogens is 1. The zero-order valence-corrected chi connectivity index (χ0v) is 11.7. The van der Waals surface area contributed by atoms with Gasteiger partial charge in [0.05, 0.1) is 12.2 Å². The number of nitrogens with zero attached hydrogens (tertiary/aromatic N) is 2. The molecule has 2 aromatic rings. The van der Waals surface area contributed by atoms with Crippen LogP contribution in [0.4, 0.5) is 0 Å². The minimum atomic E-state index is 0.228. The number of hydrogen-bond donors (Lipinski definition) is 0. The smallest absolute Gasteiger partial charge is 0.223 e. The number of thiophene rings is 1. The van der Waals surface area contributed by atoms with Gasteiger partial charge in [-0.3, -0.25) is 9.78 Å². The Morgan fingerprint density at radius 3 is 3.05 bits per heavy atom. The molecule has 0 N–H and O–H groups in total.